The Morgan fingerprint density at radius 2 is 0.772 bits per heavy atom. The minimum absolute atomic E-state index is 0.0380. The number of phosphoric acid groups is 1. The molecule has 0 aliphatic carbocycles. The summed E-state index contributed by atoms with van der Waals surface area (Å²) in [4.78, 5) is 37.8. The molecular weight excluding hydrogens is 1000 g/mol. The van der Waals surface area contributed by atoms with Gasteiger partial charge in [-0.1, -0.05) is 268 Å². The van der Waals surface area contributed by atoms with E-state index in [1.54, 1.807) is 0 Å². The van der Waals surface area contributed by atoms with Gasteiger partial charge in [0.15, 0.2) is 0 Å². The maximum atomic E-state index is 13.6. The average molecular weight is 1130 g/mol. The maximum Gasteiger partial charge on any atom is 0.472 e. The van der Waals surface area contributed by atoms with Gasteiger partial charge in [0.05, 0.1) is 33.8 Å². The molecule has 0 aromatic carbocycles. The molecule has 0 rings (SSSR count). The second-order valence-corrected chi connectivity index (χ2v) is 25.4. The highest BCUT2D eigenvalue weighted by atomic mass is 31.2. The minimum atomic E-state index is -4.45. The predicted octanol–water partition coefficient (Wildman–Crippen LogP) is 21.0. The van der Waals surface area contributed by atoms with Crippen LogP contribution in [0.4, 0.5) is 0 Å². The number of nitrogens with zero attached hydrogens (tertiary/aromatic N) is 1. The van der Waals surface area contributed by atoms with Gasteiger partial charge in [-0.05, 0) is 96.0 Å². The zero-order valence-corrected chi connectivity index (χ0v) is 53.8. The van der Waals surface area contributed by atoms with E-state index in [1.807, 2.05) is 33.3 Å². The Balaban J connectivity index is 5.03. The van der Waals surface area contributed by atoms with Crippen LogP contribution in [-0.2, 0) is 27.9 Å². The average Bonchev–Trinajstić information content (AvgIpc) is 3.41. The monoisotopic (exact) mass is 1130 g/mol. The zero-order valence-electron chi connectivity index (χ0n) is 52.9. The Hall–Kier alpha value is -2.29. The minimum Gasteiger partial charge on any atom is -0.456 e. The van der Waals surface area contributed by atoms with Crippen molar-refractivity contribution in [2.45, 2.75) is 328 Å². The molecule has 0 radical (unpaired) electrons. The molecule has 0 aliphatic rings. The van der Waals surface area contributed by atoms with Crippen LogP contribution in [0.15, 0.2) is 60.8 Å². The number of carbonyl (C=O) groups excluding carboxylic acids is 2. The first kappa shape index (κ1) is 76.7. The molecule has 462 valence electrons. The Kier molecular flexibility index (Phi) is 57.2. The van der Waals surface area contributed by atoms with Crippen LogP contribution in [0.3, 0.4) is 0 Å². The van der Waals surface area contributed by atoms with E-state index in [0.717, 1.165) is 83.5 Å². The van der Waals surface area contributed by atoms with E-state index >= 15 is 0 Å². The Bertz CT molecular complexity index is 1540. The third kappa shape index (κ3) is 60.1. The Labute approximate surface area is 490 Å². The fourth-order valence-corrected chi connectivity index (χ4v) is 10.4. The number of carbonyl (C=O) groups is 2. The van der Waals surface area contributed by atoms with E-state index in [4.69, 9.17) is 13.8 Å². The highest BCUT2D eigenvalue weighted by Gasteiger charge is 2.30. The zero-order chi connectivity index (χ0) is 57.9. The van der Waals surface area contributed by atoms with Gasteiger partial charge in [-0.15, -0.1) is 0 Å². The number of hydrogen-bond donors (Lipinski definition) is 2. The van der Waals surface area contributed by atoms with Gasteiger partial charge in [0.1, 0.15) is 19.3 Å². The van der Waals surface area contributed by atoms with E-state index in [1.165, 1.54) is 199 Å². The standard InChI is InChI=1S/C69H129N2O7P/c1-7-10-13-16-19-22-25-28-30-31-32-33-34-35-36-37-38-39-40-41-42-43-46-49-52-55-58-61-68(72)70-66(65-77-79(74,75)76-64-63-71(4,5)6)67(60-57-54-51-48-45-27-24-21-18-15-12-9-3)78-69(73)62-59-56-53-50-47-44-29-26-23-20-17-14-11-8-2/h19,22,28,30,32-33,44,47,57,60,66-67H,7-18,20-21,23-27,29,31,34-43,45-46,48-56,58-59,61-65H2,1-6H3,(H-,70,72,74,75)/p+1/b22-19-,30-28-,33-32-,47-44-,60-57-. The molecule has 9 nitrogen and oxygen atoms in total. The summed E-state index contributed by atoms with van der Waals surface area (Å²) in [5.41, 5.74) is 0. The number of hydrogen-bond acceptors (Lipinski definition) is 6. The number of unbranched alkanes of at least 4 members (excludes halogenated alkanes) is 37. The van der Waals surface area contributed by atoms with Crippen molar-refractivity contribution in [1.82, 2.24) is 5.32 Å². The Morgan fingerprint density at radius 3 is 1.20 bits per heavy atom. The van der Waals surface area contributed by atoms with Gasteiger partial charge in [0.25, 0.3) is 0 Å². The fourth-order valence-electron chi connectivity index (χ4n) is 9.71. The van der Waals surface area contributed by atoms with Crippen LogP contribution in [0.25, 0.3) is 0 Å². The molecular formula is C69H130N2O7P+. The van der Waals surface area contributed by atoms with Gasteiger partial charge in [0, 0.05) is 12.8 Å². The fraction of sp³-hybridized carbons (Fsp3) is 0.826. The molecule has 0 aromatic rings. The van der Waals surface area contributed by atoms with Crippen molar-refractivity contribution >= 4 is 19.7 Å². The second kappa shape index (κ2) is 58.9. The van der Waals surface area contributed by atoms with Gasteiger partial charge < -0.3 is 19.4 Å². The van der Waals surface area contributed by atoms with Crippen molar-refractivity contribution < 1.29 is 37.3 Å². The molecule has 0 fully saturated rings. The highest BCUT2D eigenvalue weighted by molar-refractivity contribution is 7.47. The van der Waals surface area contributed by atoms with Crippen molar-refractivity contribution in [3.63, 3.8) is 0 Å². The lowest BCUT2D eigenvalue weighted by molar-refractivity contribution is -0.870. The summed E-state index contributed by atoms with van der Waals surface area (Å²) < 4.78 is 30.7. The molecule has 79 heavy (non-hydrogen) atoms. The van der Waals surface area contributed by atoms with Crippen LogP contribution in [0.1, 0.15) is 316 Å². The first-order valence-corrected chi connectivity index (χ1v) is 35.1. The summed E-state index contributed by atoms with van der Waals surface area (Å²) >= 11 is 0. The van der Waals surface area contributed by atoms with Crippen molar-refractivity contribution in [3.8, 4) is 0 Å². The maximum absolute atomic E-state index is 13.6. The lowest BCUT2D eigenvalue weighted by atomic mass is 10.0. The first-order valence-electron chi connectivity index (χ1n) is 33.6. The van der Waals surface area contributed by atoms with Crippen molar-refractivity contribution in [1.29, 1.82) is 0 Å². The lowest BCUT2D eigenvalue weighted by Crippen LogP contribution is -2.47. The molecule has 2 N–H and O–H groups in total. The quantitative estimate of drug-likeness (QED) is 0.0205. The van der Waals surface area contributed by atoms with Gasteiger partial charge >= 0.3 is 13.8 Å². The molecule has 0 spiro atoms. The number of allylic oxidation sites excluding steroid dienone is 9. The molecule has 0 heterocycles. The van der Waals surface area contributed by atoms with E-state index in [2.05, 4.69) is 74.7 Å². The molecule has 0 saturated heterocycles. The van der Waals surface area contributed by atoms with Crippen LogP contribution in [-0.4, -0.2) is 74.3 Å². The van der Waals surface area contributed by atoms with Crippen molar-refractivity contribution in [3.05, 3.63) is 60.8 Å². The summed E-state index contributed by atoms with van der Waals surface area (Å²) in [6, 6.07) is -0.854. The molecule has 3 unspecified atom stereocenters. The topological polar surface area (TPSA) is 111 Å². The number of likely N-dealkylation sites (N-methyl/N-ethyl adjacent to an activating group) is 1. The van der Waals surface area contributed by atoms with Gasteiger partial charge in [0.2, 0.25) is 5.91 Å². The van der Waals surface area contributed by atoms with Crippen molar-refractivity contribution in [2.75, 3.05) is 40.9 Å². The number of esters is 1. The molecule has 0 bridgehead atoms. The van der Waals surface area contributed by atoms with E-state index < -0.39 is 20.0 Å². The van der Waals surface area contributed by atoms with Gasteiger partial charge in [-0.3, -0.25) is 18.6 Å². The number of ether oxygens (including phenoxy) is 1. The molecule has 0 aliphatic heterocycles. The van der Waals surface area contributed by atoms with Crippen LogP contribution in [0.2, 0.25) is 0 Å². The van der Waals surface area contributed by atoms with Crippen LogP contribution >= 0.6 is 7.82 Å². The molecule has 0 aromatic heterocycles. The molecule has 0 saturated carbocycles. The van der Waals surface area contributed by atoms with Crippen LogP contribution < -0.4 is 5.32 Å². The summed E-state index contributed by atoms with van der Waals surface area (Å²) in [6.45, 7) is 7.00. The normalized spacial score (nSPS) is 14.0. The van der Waals surface area contributed by atoms with E-state index in [9.17, 15) is 19.0 Å². The molecule has 10 heteroatoms. The second-order valence-electron chi connectivity index (χ2n) is 24.0. The summed E-state index contributed by atoms with van der Waals surface area (Å²) in [7, 11) is 1.49. The highest BCUT2D eigenvalue weighted by Crippen LogP contribution is 2.43. The number of phosphoric ester groups is 1. The smallest absolute Gasteiger partial charge is 0.456 e. The van der Waals surface area contributed by atoms with Gasteiger partial charge in [-0.2, -0.15) is 0 Å². The number of amides is 1. The molecule has 1 amide bonds. The van der Waals surface area contributed by atoms with Crippen LogP contribution in [0, 0.1) is 0 Å². The lowest BCUT2D eigenvalue weighted by Gasteiger charge is -2.27. The SMILES string of the molecule is CCCCC/C=C\C/C=C\C/C=C\CCCCCCCCCCCCCCCCC(=O)NC(COP(=O)(O)OCC[N+](C)(C)C)C(/C=C\CCCCCCCCCCCC)OC(=O)CCCCC/C=C\CCCCCCCCC. The molecule has 3 atom stereocenters. The third-order valence-electron chi connectivity index (χ3n) is 14.9. The van der Waals surface area contributed by atoms with Gasteiger partial charge in [-0.25, -0.2) is 4.57 Å². The summed E-state index contributed by atoms with van der Waals surface area (Å²) in [6.07, 6.45) is 75.1. The third-order valence-corrected chi connectivity index (χ3v) is 15.9. The number of quaternary nitrogens is 1. The largest absolute Gasteiger partial charge is 0.472 e. The van der Waals surface area contributed by atoms with E-state index in [-0.39, 0.29) is 31.5 Å². The van der Waals surface area contributed by atoms with E-state index in [0.29, 0.717) is 17.4 Å². The van der Waals surface area contributed by atoms with Crippen LogP contribution in [0.5, 0.6) is 0 Å². The summed E-state index contributed by atoms with van der Waals surface area (Å²) in [5.74, 6) is -0.515. The summed E-state index contributed by atoms with van der Waals surface area (Å²) in [5, 5.41) is 3.06. The first-order chi connectivity index (χ1) is 38.4. The predicted molar refractivity (Wildman–Crippen MR) is 342 cm³/mol. The Morgan fingerprint density at radius 1 is 0.443 bits per heavy atom. The number of rotatable bonds is 61. The number of nitrogens with one attached hydrogen (secondary N) is 1. The van der Waals surface area contributed by atoms with Crippen molar-refractivity contribution in [2.24, 2.45) is 0 Å².